The molecule has 0 bridgehead atoms. The van der Waals surface area contributed by atoms with Gasteiger partial charge in [0, 0.05) is 6.20 Å². The summed E-state index contributed by atoms with van der Waals surface area (Å²) in [6, 6.07) is 2.03. The number of fused-ring (bicyclic) bond motifs is 1. The predicted molar refractivity (Wildman–Crippen MR) is 56.2 cm³/mol. The van der Waals surface area contributed by atoms with Gasteiger partial charge in [-0.25, -0.2) is 9.97 Å². The van der Waals surface area contributed by atoms with Crippen molar-refractivity contribution in [3.8, 4) is 0 Å². The zero-order valence-corrected chi connectivity index (χ0v) is 8.65. The van der Waals surface area contributed by atoms with Gasteiger partial charge in [-0.2, -0.15) is 0 Å². The van der Waals surface area contributed by atoms with Crippen LogP contribution in [0.3, 0.4) is 0 Å². The van der Waals surface area contributed by atoms with Crippen molar-refractivity contribution in [1.29, 1.82) is 0 Å². The van der Waals surface area contributed by atoms with Crippen molar-refractivity contribution < 1.29 is 0 Å². The molecule has 0 fully saturated rings. The Labute approximate surface area is 83.2 Å². The molecule has 2 rings (SSSR count). The number of nitrogens with zero attached hydrogens (tertiary/aromatic N) is 3. The molecular weight excluding hydrogens is 174 g/mol. The molecule has 2 aromatic heterocycles. The van der Waals surface area contributed by atoms with Gasteiger partial charge in [0.1, 0.15) is 11.3 Å². The molecule has 0 aromatic carbocycles. The molecule has 0 saturated carbocycles. The molecule has 2 heterocycles. The topological polar surface area (TPSA) is 38.7 Å². The van der Waals surface area contributed by atoms with Crippen molar-refractivity contribution in [2.45, 2.75) is 26.7 Å². The van der Waals surface area contributed by atoms with Crippen molar-refractivity contribution >= 4 is 11.0 Å². The zero-order chi connectivity index (χ0) is 10.1. The second-order valence-corrected chi connectivity index (χ2v) is 3.71. The highest BCUT2D eigenvalue weighted by Crippen LogP contribution is 2.21. The highest BCUT2D eigenvalue weighted by molar-refractivity contribution is 5.77. The first kappa shape index (κ1) is 9.06. The lowest BCUT2D eigenvalue weighted by molar-refractivity contribution is 0.867. The van der Waals surface area contributed by atoms with Gasteiger partial charge in [-0.1, -0.05) is 13.8 Å². The average molecular weight is 187 g/mol. The molecule has 14 heavy (non-hydrogen) atoms. The summed E-state index contributed by atoms with van der Waals surface area (Å²) in [4.78, 5) is 12.8. The van der Waals surface area contributed by atoms with Gasteiger partial charge < -0.3 is 0 Å². The minimum atomic E-state index is 0.467. The van der Waals surface area contributed by atoms with Crippen molar-refractivity contribution in [3.63, 3.8) is 0 Å². The van der Waals surface area contributed by atoms with Crippen molar-refractivity contribution in [2.24, 2.45) is 0 Å². The first-order chi connectivity index (χ1) is 6.68. The molecule has 72 valence electrons. The third-order valence-corrected chi connectivity index (χ3v) is 2.25. The van der Waals surface area contributed by atoms with Crippen LogP contribution < -0.4 is 0 Å². The van der Waals surface area contributed by atoms with Crippen LogP contribution in [-0.2, 0) is 0 Å². The zero-order valence-electron chi connectivity index (χ0n) is 8.65. The van der Waals surface area contributed by atoms with E-state index in [0.717, 1.165) is 16.9 Å². The highest BCUT2D eigenvalue weighted by atomic mass is 14.9. The van der Waals surface area contributed by atoms with Crippen molar-refractivity contribution in [3.05, 3.63) is 29.8 Å². The van der Waals surface area contributed by atoms with Gasteiger partial charge in [0.05, 0.1) is 11.7 Å². The second-order valence-electron chi connectivity index (χ2n) is 3.71. The molecule has 0 spiro atoms. The molecule has 0 aliphatic rings. The highest BCUT2D eigenvalue weighted by Gasteiger charge is 2.07. The molecule has 0 aliphatic carbocycles. The molecule has 0 amide bonds. The summed E-state index contributed by atoms with van der Waals surface area (Å²) in [6.07, 6.45) is 3.60. The molecule has 0 N–H and O–H groups in total. The number of rotatable bonds is 1. The van der Waals surface area contributed by atoms with Crippen LogP contribution in [0.25, 0.3) is 11.0 Å². The fourth-order valence-corrected chi connectivity index (χ4v) is 1.51. The van der Waals surface area contributed by atoms with Crippen LogP contribution in [0.15, 0.2) is 18.5 Å². The first-order valence-corrected chi connectivity index (χ1v) is 4.76. The van der Waals surface area contributed by atoms with E-state index in [1.54, 1.807) is 6.20 Å². The normalized spacial score (nSPS) is 11.1. The molecule has 2 aromatic rings. The van der Waals surface area contributed by atoms with E-state index in [2.05, 4.69) is 28.8 Å². The Bertz CT molecular complexity index is 463. The Hall–Kier alpha value is -1.51. The van der Waals surface area contributed by atoms with Crippen LogP contribution in [0.4, 0.5) is 0 Å². The Balaban J connectivity index is 2.77. The standard InChI is InChI=1S/C11H13N3/c1-7(2)9-4-5-12-10-6-13-8(3)14-11(9)10/h4-7H,1-3H3. The molecule has 0 atom stereocenters. The predicted octanol–water partition coefficient (Wildman–Crippen LogP) is 2.46. The van der Waals surface area contributed by atoms with Gasteiger partial charge >= 0.3 is 0 Å². The summed E-state index contributed by atoms with van der Waals surface area (Å²) >= 11 is 0. The fourth-order valence-electron chi connectivity index (χ4n) is 1.51. The molecule has 0 saturated heterocycles. The van der Waals surface area contributed by atoms with Gasteiger partial charge in [-0.15, -0.1) is 0 Å². The average Bonchev–Trinajstić information content (AvgIpc) is 2.16. The van der Waals surface area contributed by atoms with E-state index < -0.39 is 0 Å². The van der Waals surface area contributed by atoms with E-state index in [9.17, 15) is 0 Å². The summed E-state index contributed by atoms with van der Waals surface area (Å²) < 4.78 is 0. The number of hydrogen-bond acceptors (Lipinski definition) is 3. The van der Waals surface area contributed by atoms with Gasteiger partial charge in [0.2, 0.25) is 0 Å². The van der Waals surface area contributed by atoms with Crippen molar-refractivity contribution in [2.75, 3.05) is 0 Å². The number of hydrogen-bond donors (Lipinski definition) is 0. The van der Waals surface area contributed by atoms with E-state index >= 15 is 0 Å². The summed E-state index contributed by atoms with van der Waals surface area (Å²) in [5.41, 5.74) is 3.09. The summed E-state index contributed by atoms with van der Waals surface area (Å²) in [6.45, 7) is 6.22. The van der Waals surface area contributed by atoms with Gasteiger partial charge in [-0.3, -0.25) is 4.98 Å². The lowest BCUT2D eigenvalue weighted by atomic mass is 10.0. The Morgan fingerprint density at radius 1 is 1.21 bits per heavy atom. The van der Waals surface area contributed by atoms with E-state index in [0.29, 0.717) is 5.92 Å². The lowest BCUT2D eigenvalue weighted by Crippen LogP contribution is -1.96. The van der Waals surface area contributed by atoms with Crippen LogP contribution in [0.5, 0.6) is 0 Å². The Kier molecular flexibility index (Phi) is 2.15. The van der Waals surface area contributed by atoms with Gasteiger partial charge in [0.25, 0.3) is 0 Å². The molecule has 3 nitrogen and oxygen atoms in total. The molecule has 0 aliphatic heterocycles. The van der Waals surface area contributed by atoms with Gasteiger partial charge in [-0.05, 0) is 24.5 Å². The monoisotopic (exact) mass is 187 g/mol. The smallest absolute Gasteiger partial charge is 0.126 e. The summed E-state index contributed by atoms with van der Waals surface area (Å²) in [5, 5.41) is 0. The quantitative estimate of drug-likeness (QED) is 0.688. The minimum absolute atomic E-state index is 0.467. The maximum Gasteiger partial charge on any atom is 0.126 e. The van der Waals surface area contributed by atoms with E-state index in [-0.39, 0.29) is 0 Å². The van der Waals surface area contributed by atoms with Crippen molar-refractivity contribution in [1.82, 2.24) is 15.0 Å². The van der Waals surface area contributed by atoms with E-state index in [4.69, 9.17) is 0 Å². The van der Waals surface area contributed by atoms with Crippen LogP contribution in [0.2, 0.25) is 0 Å². The van der Waals surface area contributed by atoms with Crippen LogP contribution in [-0.4, -0.2) is 15.0 Å². The van der Waals surface area contributed by atoms with E-state index in [1.165, 1.54) is 5.56 Å². The van der Waals surface area contributed by atoms with Crippen LogP contribution in [0, 0.1) is 6.92 Å². The molecule has 3 heteroatoms. The third-order valence-electron chi connectivity index (χ3n) is 2.25. The third kappa shape index (κ3) is 1.45. The summed E-state index contributed by atoms with van der Waals surface area (Å²) in [7, 11) is 0. The van der Waals surface area contributed by atoms with Crippen LogP contribution in [0.1, 0.15) is 31.2 Å². The Morgan fingerprint density at radius 3 is 2.71 bits per heavy atom. The minimum Gasteiger partial charge on any atom is -0.253 e. The number of aromatic nitrogens is 3. The maximum absolute atomic E-state index is 4.42. The number of aryl methyl sites for hydroxylation is 1. The molecule has 0 radical (unpaired) electrons. The Morgan fingerprint density at radius 2 is 2.00 bits per heavy atom. The van der Waals surface area contributed by atoms with Crippen LogP contribution >= 0.6 is 0 Å². The van der Waals surface area contributed by atoms with E-state index in [1.807, 2.05) is 19.2 Å². The molecule has 0 unspecified atom stereocenters. The first-order valence-electron chi connectivity index (χ1n) is 4.76. The van der Waals surface area contributed by atoms with Gasteiger partial charge in [0.15, 0.2) is 0 Å². The largest absolute Gasteiger partial charge is 0.253 e. The second kappa shape index (κ2) is 3.33. The SMILES string of the molecule is Cc1ncc2nccc(C(C)C)c2n1. The number of pyridine rings is 1. The summed E-state index contributed by atoms with van der Waals surface area (Å²) in [5.74, 6) is 1.27. The maximum atomic E-state index is 4.42. The lowest BCUT2D eigenvalue weighted by Gasteiger charge is -2.07. The molecular formula is C11H13N3. The fraction of sp³-hybridized carbons (Fsp3) is 0.364.